The summed E-state index contributed by atoms with van der Waals surface area (Å²) in [6.07, 6.45) is -3.01. The van der Waals surface area contributed by atoms with Gasteiger partial charge in [0.1, 0.15) is 11.7 Å². The first kappa shape index (κ1) is 17.0. The van der Waals surface area contributed by atoms with Crippen LogP contribution in [-0.2, 0) is 9.53 Å². The summed E-state index contributed by atoms with van der Waals surface area (Å²) in [6, 6.07) is -1.17. The van der Waals surface area contributed by atoms with Crippen LogP contribution >= 0.6 is 0 Å². The molecule has 1 heterocycles. The maximum absolute atomic E-state index is 13.2. The molecular weight excluding hydrogens is 286 g/mol. The van der Waals surface area contributed by atoms with E-state index >= 15 is 0 Å². The minimum Gasteiger partial charge on any atom is -0.461 e. The van der Waals surface area contributed by atoms with E-state index in [4.69, 9.17) is 0 Å². The molecule has 0 radical (unpaired) electrons. The Kier molecular flexibility index (Phi) is 5.74. The Balaban J connectivity index is 3.13. The van der Waals surface area contributed by atoms with Crippen LogP contribution in [0.25, 0.3) is 0 Å². The van der Waals surface area contributed by atoms with Gasteiger partial charge < -0.3 is 10.1 Å². The van der Waals surface area contributed by atoms with E-state index in [0.29, 0.717) is 0 Å². The van der Waals surface area contributed by atoms with E-state index in [2.05, 4.69) is 20.4 Å². The number of nitrogens with one attached hydrogen (secondary N) is 1. The fourth-order valence-electron chi connectivity index (χ4n) is 1.65. The highest BCUT2D eigenvalue weighted by molar-refractivity contribution is 5.88. The zero-order valence-corrected chi connectivity index (χ0v) is 12.3. The van der Waals surface area contributed by atoms with Crippen molar-refractivity contribution in [1.82, 2.24) is 20.3 Å². The van der Waals surface area contributed by atoms with Crippen molar-refractivity contribution in [3.63, 3.8) is 0 Å². The predicted molar refractivity (Wildman–Crippen MR) is 68.9 cm³/mol. The third kappa shape index (κ3) is 3.96. The van der Waals surface area contributed by atoms with E-state index < -0.39 is 35.7 Å². The Labute approximate surface area is 120 Å². The smallest absolute Gasteiger partial charge is 0.361 e. The molecule has 0 bridgehead atoms. The van der Waals surface area contributed by atoms with E-state index in [0.717, 1.165) is 4.68 Å². The van der Waals surface area contributed by atoms with Crippen molar-refractivity contribution in [2.24, 2.45) is 0 Å². The molecule has 9 heteroatoms. The maximum atomic E-state index is 13.2. The number of carbonyl (C=O) groups excluding carboxylic acids is 2. The van der Waals surface area contributed by atoms with Crippen molar-refractivity contribution >= 4 is 11.9 Å². The summed E-state index contributed by atoms with van der Waals surface area (Å²) in [4.78, 5) is 23.5. The molecule has 0 aromatic carbocycles. The van der Waals surface area contributed by atoms with Crippen LogP contribution in [0, 0.1) is 0 Å². The SMILES string of the molecule is CCOC(=O)c1nnn(C(C)C(=O)NC(C)C)c1C(F)F. The Morgan fingerprint density at radius 2 is 1.95 bits per heavy atom. The molecule has 1 aromatic heterocycles. The van der Waals surface area contributed by atoms with Crippen LogP contribution < -0.4 is 5.32 Å². The van der Waals surface area contributed by atoms with Crippen LogP contribution in [-0.4, -0.2) is 39.5 Å². The number of hydrogen-bond acceptors (Lipinski definition) is 5. The van der Waals surface area contributed by atoms with Gasteiger partial charge in [-0.05, 0) is 27.7 Å². The summed E-state index contributed by atoms with van der Waals surface area (Å²) < 4.78 is 31.7. The molecule has 1 N–H and O–H groups in total. The Bertz CT molecular complexity index is 517. The third-order valence-electron chi connectivity index (χ3n) is 2.58. The molecule has 118 valence electrons. The number of aromatic nitrogens is 3. The van der Waals surface area contributed by atoms with Gasteiger partial charge in [0.2, 0.25) is 5.91 Å². The van der Waals surface area contributed by atoms with Gasteiger partial charge in [0, 0.05) is 6.04 Å². The first-order valence-electron chi connectivity index (χ1n) is 6.50. The lowest BCUT2D eigenvalue weighted by Crippen LogP contribution is -2.36. The minimum absolute atomic E-state index is 0.0256. The molecule has 21 heavy (non-hydrogen) atoms. The van der Waals surface area contributed by atoms with E-state index in [1.54, 1.807) is 20.8 Å². The van der Waals surface area contributed by atoms with Crippen LogP contribution in [0.2, 0.25) is 0 Å². The molecule has 0 aliphatic carbocycles. The van der Waals surface area contributed by atoms with Crippen LogP contribution in [0.3, 0.4) is 0 Å². The number of hydrogen-bond donors (Lipinski definition) is 1. The topological polar surface area (TPSA) is 86.1 Å². The van der Waals surface area contributed by atoms with Crippen LogP contribution in [0.5, 0.6) is 0 Å². The Morgan fingerprint density at radius 3 is 2.43 bits per heavy atom. The highest BCUT2D eigenvalue weighted by atomic mass is 19.3. The second-order valence-corrected chi connectivity index (χ2v) is 4.63. The molecule has 1 amide bonds. The number of halogens is 2. The zero-order chi connectivity index (χ0) is 16.2. The molecule has 7 nitrogen and oxygen atoms in total. The van der Waals surface area contributed by atoms with Crippen molar-refractivity contribution in [2.75, 3.05) is 6.61 Å². The third-order valence-corrected chi connectivity index (χ3v) is 2.58. The molecule has 1 rings (SSSR count). The van der Waals surface area contributed by atoms with Gasteiger partial charge >= 0.3 is 5.97 Å². The molecule has 1 atom stereocenters. The number of rotatable bonds is 6. The maximum Gasteiger partial charge on any atom is 0.361 e. The number of carbonyl (C=O) groups is 2. The summed E-state index contributed by atoms with van der Waals surface area (Å²) in [6.45, 7) is 6.45. The fraction of sp³-hybridized carbons (Fsp3) is 0.667. The molecule has 1 unspecified atom stereocenters. The van der Waals surface area contributed by atoms with Crippen LogP contribution in [0.1, 0.15) is 56.3 Å². The Morgan fingerprint density at radius 1 is 1.33 bits per heavy atom. The molecule has 0 saturated heterocycles. The predicted octanol–water partition coefficient (Wildman–Crippen LogP) is 1.48. The van der Waals surface area contributed by atoms with Crippen molar-refractivity contribution in [3.8, 4) is 0 Å². The van der Waals surface area contributed by atoms with Gasteiger partial charge in [0.25, 0.3) is 6.43 Å². The number of alkyl halides is 2. The van der Waals surface area contributed by atoms with E-state index in [1.165, 1.54) is 6.92 Å². The standard InChI is InChI=1S/C12H18F2N4O3/c1-5-21-12(20)8-9(10(13)14)18(17-16-8)7(4)11(19)15-6(2)3/h6-7,10H,5H2,1-4H3,(H,15,19). The highest BCUT2D eigenvalue weighted by Gasteiger charge is 2.31. The number of nitrogens with zero attached hydrogens (tertiary/aromatic N) is 3. The lowest BCUT2D eigenvalue weighted by Gasteiger charge is -2.16. The average molecular weight is 304 g/mol. The van der Waals surface area contributed by atoms with Crippen molar-refractivity contribution in [3.05, 3.63) is 11.4 Å². The molecule has 0 fully saturated rings. The lowest BCUT2D eigenvalue weighted by molar-refractivity contribution is -0.124. The van der Waals surface area contributed by atoms with Crippen LogP contribution in [0.4, 0.5) is 8.78 Å². The summed E-state index contributed by atoms with van der Waals surface area (Å²) in [7, 11) is 0. The van der Waals surface area contributed by atoms with Gasteiger partial charge in [-0.3, -0.25) is 4.79 Å². The molecule has 1 aromatic rings. The molecular formula is C12H18F2N4O3. The highest BCUT2D eigenvalue weighted by Crippen LogP contribution is 2.24. The normalized spacial score (nSPS) is 12.6. The second kappa shape index (κ2) is 7.09. The van der Waals surface area contributed by atoms with Gasteiger partial charge in [-0.1, -0.05) is 5.21 Å². The minimum atomic E-state index is -3.01. The van der Waals surface area contributed by atoms with Gasteiger partial charge in [-0.15, -0.1) is 5.10 Å². The Hall–Kier alpha value is -2.06. The molecule has 0 saturated carbocycles. The lowest BCUT2D eigenvalue weighted by atomic mass is 10.2. The van der Waals surface area contributed by atoms with Crippen molar-refractivity contribution < 1.29 is 23.1 Å². The molecule has 0 aliphatic rings. The first-order chi connectivity index (χ1) is 9.79. The summed E-state index contributed by atoms with van der Waals surface area (Å²) in [5.41, 5.74) is -1.30. The first-order valence-corrected chi connectivity index (χ1v) is 6.50. The molecule has 0 aliphatic heterocycles. The monoisotopic (exact) mass is 304 g/mol. The zero-order valence-electron chi connectivity index (χ0n) is 12.3. The van der Waals surface area contributed by atoms with Crippen LogP contribution in [0.15, 0.2) is 0 Å². The fourth-order valence-corrected chi connectivity index (χ4v) is 1.65. The number of amides is 1. The van der Waals surface area contributed by atoms with Gasteiger partial charge in [0.05, 0.1) is 6.61 Å². The number of esters is 1. The van der Waals surface area contributed by atoms with Gasteiger partial charge in [-0.2, -0.15) is 0 Å². The molecule has 0 spiro atoms. The second-order valence-electron chi connectivity index (χ2n) is 4.63. The summed E-state index contributed by atoms with van der Waals surface area (Å²) in [5, 5.41) is 9.49. The summed E-state index contributed by atoms with van der Waals surface area (Å²) in [5.74, 6) is -1.48. The van der Waals surface area contributed by atoms with Crippen molar-refractivity contribution in [1.29, 1.82) is 0 Å². The number of ether oxygens (including phenoxy) is 1. The van der Waals surface area contributed by atoms with E-state index in [1.807, 2.05) is 0 Å². The van der Waals surface area contributed by atoms with E-state index in [-0.39, 0.29) is 12.6 Å². The van der Waals surface area contributed by atoms with Gasteiger partial charge in [-0.25, -0.2) is 18.3 Å². The summed E-state index contributed by atoms with van der Waals surface area (Å²) >= 11 is 0. The van der Waals surface area contributed by atoms with E-state index in [9.17, 15) is 18.4 Å². The average Bonchev–Trinajstić information content (AvgIpc) is 2.81. The van der Waals surface area contributed by atoms with Crippen molar-refractivity contribution in [2.45, 2.75) is 46.2 Å². The largest absolute Gasteiger partial charge is 0.461 e. The quantitative estimate of drug-likeness (QED) is 0.804. The van der Waals surface area contributed by atoms with Gasteiger partial charge in [0.15, 0.2) is 5.69 Å².